The van der Waals surface area contributed by atoms with Crippen molar-refractivity contribution < 1.29 is 4.42 Å². The fourth-order valence-electron chi connectivity index (χ4n) is 1.31. The van der Waals surface area contributed by atoms with Gasteiger partial charge in [0.15, 0.2) is 0 Å². The van der Waals surface area contributed by atoms with Gasteiger partial charge in [-0.15, -0.1) is 5.10 Å². The number of aromatic nitrogens is 2. The number of nitrogens with zero attached hydrogens (tertiary/aromatic N) is 2. The molecule has 0 fully saturated rings. The van der Waals surface area contributed by atoms with Crippen LogP contribution in [0.25, 0.3) is 0 Å². The fraction of sp³-hybridized carbons (Fsp3) is 0.333. The van der Waals surface area contributed by atoms with Gasteiger partial charge in [-0.25, -0.2) is 0 Å². The van der Waals surface area contributed by atoms with Gasteiger partial charge < -0.3 is 9.73 Å². The third kappa shape index (κ3) is 2.59. The molecular weight excluding hydrogens is 202 g/mol. The molecule has 16 heavy (non-hydrogen) atoms. The van der Waals surface area contributed by atoms with Crippen molar-refractivity contribution in [2.24, 2.45) is 0 Å². The molecule has 0 spiro atoms. The Morgan fingerprint density at radius 2 is 1.94 bits per heavy atom. The van der Waals surface area contributed by atoms with Gasteiger partial charge in [-0.2, -0.15) is 0 Å². The minimum absolute atomic E-state index is 0.264. The maximum absolute atomic E-state index is 5.43. The summed E-state index contributed by atoms with van der Waals surface area (Å²) in [5.74, 6) is 0.926. The lowest BCUT2D eigenvalue weighted by atomic mass is 10.2. The molecule has 0 saturated carbocycles. The zero-order chi connectivity index (χ0) is 11.4. The van der Waals surface area contributed by atoms with Gasteiger partial charge in [0.05, 0.1) is 0 Å². The summed E-state index contributed by atoms with van der Waals surface area (Å²) in [6, 6.07) is 10.6. The van der Waals surface area contributed by atoms with Crippen LogP contribution in [0, 0.1) is 0 Å². The van der Waals surface area contributed by atoms with Crippen LogP contribution < -0.4 is 5.32 Å². The summed E-state index contributed by atoms with van der Waals surface area (Å²) in [6.07, 6.45) is 0. The quantitative estimate of drug-likeness (QED) is 0.855. The first-order valence-corrected chi connectivity index (χ1v) is 5.37. The van der Waals surface area contributed by atoms with E-state index < -0.39 is 0 Å². The smallest absolute Gasteiger partial charge is 0.315 e. The van der Waals surface area contributed by atoms with Crippen molar-refractivity contribution in [3.8, 4) is 0 Å². The Kier molecular flexibility index (Phi) is 3.19. The number of rotatable bonds is 4. The summed E-state index contributed by atoms with van der Waals surface area (Å²) < 4.78 is 5.43. The molecule has 1 aromatic heterocycles. The minimum Gasteiger partial charge on any atom is -0.408 e. The lowest BCUT2D eigenvalue weighted by Gasteiger charge is -2.00. The lowest BCUT2D eigenvalue weighted by Crippen LogP contribution is -1.98. The van der Waals surface area contributed by atoms with E-state index >= 15 is 0 Å². The highest BCUT2D eigenvalue weighted by molar-refractivity contribution is 5.23. The first-order chi connectivity index (χ1) is 7.75. The molecule has 0 aliphatic carbocycles. The molecule has 0 aliphatic rings. The van der Waals surface area contributed by atoms with Crippen LogP contribution in [-0.2, 0) is 6.54 Å². The Bertz CT molecular complexity index is 437. The monoisotopic (exact) mass is 217 g/mol. The first-order valence-electron chi connectivity index (χ1n) is 5.37. The van der Waals surface area contributed by atoms with Crippen LogP contribution in [0.3, 0.4) is 0 Å². The van der Waals surface area contributed by atoms with Crippen LogP contribution in [0.5, 0.6) is 0 Å². The molecule has 4 nitrogen and oxygen atoms in total. The average Bonchev–Trinajstić information content (AvgIpc) is 2.76. The van der Waals surface area contributed by atoms with E-state index in [-0.39, 0.29) is 5.92 Å². The Hall–Kier alpha value is -1.84. The van der Waals surface area contributed by atoms with Gasteiger partial charge >= 0.3 is 6.01 Å². The Morgan fingerprint density at radius 1 is 1.19 bits per heavy atom. The fourth-order valence-corrected chi connectivity index (χ4v) is 1.31. The van der Waals surface area contributed by atoms with E-state index in [9.17, 15) is 0 Å². The number of hydrogen-bond acceptors (Lipinski definition) is 4. The zero-order valence-corrected chi connectivity index (χ0v) is 9.47. The van der Waals surface area contributed by atoms with Crippen LogP contribution in [0.4, 0.5) is 6.01 Å². The van der Waals surface area contributed by atoms with Gasteiger partial charge in [0.25, 0.3) is 0 Å². The van der Waals surface area contributed by atoms with Crippen molar-refractivity contribution in [2.75, 3.05) is 5.32 Å². The van der Waals surface area contributed by atoms with Gasteiger partial charge in [-0.05, 0) is 5.56 Å². The van der Waals surface area contributed by atoms with Crippen LogP contribution in [-0.4, -0.2) is 10.2 Å². The standard InChI is InChI=1S/C12H15N3O/c1-9(2)11-14-15-12(16-11)13-8-10-6-4-3-5-7-10/h3-7,9H,8H2,1-2H3,(H,13,15). The van der Waals surface area contributed by atoms with Crippen LogP contribution in [0.1, 0.15) is 31.2 Å². The molecule has 1 aromatic carbocycles. The van der Waals surface area contributed by atoms with Gasteiger partial charge in [-0.3, -0.25) is 0 Å². The van der Waals surface area contributed by atoms with Crippen molar-refractivity contribution in [3.63, 3.8) is 0 Å². The molecule has 0 atom stereocenters. The zero-order valence-electron chi connectivity index (χ0n) is 9.47. The van der Waals surface area contributed by atoms with Crippen LogP contribution in [0.2, 0.25) is 0 Å². The average molecular weight is 217 g/mol. The predicted octanol–water partition coefficient (Wildman–Crippen LogP) is 2.81. The van der Waals surface area contributed by atoms with Gasteiger partial charge in [-0.1, -0.05) is 49.3 Å². The summed E-state index contributed by atoms with van der Waals surface area (Å²) in [5.41, 5.74) is 1.19. The van der Waals surface area contributed by atoms with E-state index in [1.807, 2.05) is 44.2 Å². The van der Waals surface area contributed by atoms with E-state index in [1.165, 1.54) is 5.56 Å². The molecular formula is C12H15N3O. The van der Waals surface area contributed by atoms with Crippen molar-refractivity contribution in [3.05, 3.63) is 41.8 Å². The summed E-state index contributed by atoms with van der Waals surface area (Å²) in [7, 11) is 0. The van der Waals surface area contributed by atoms with Crippen molar-refractivity contribution in [2.45, 2.75) is 26.3 Å². The molecule has 2 rings (SSSR count). The molecule has 4 heteroatoms. The van der Waals surface area contributed by atoms with Gasteiger partial charge in [0.1, 0.15) is 0 Å². The van der Waals surface area contributed by atoms with E-state index in [4.69, 9.17) is 4.42 Å². The third-order valence-electron chi connectivity index (χ3n) is 2.22. The highest BCUT2D eigenvalue weighted by Gasteiger charge is 2.08. The van der Waals surface area contributed by atoms with Gasteiger partial charge in [0.2, 0.25) is 5.89 Å². The second kappa shape index (κ2) is 4.79. The molecule has 84 valence electrons. The molecule has 0 bridgehead atoms. The topological polar surface area (TPSA) is 51.0 Å². The third-order valence-corrected chi connectivity index (χ3v) is 2.22. The maximum Gasteiger partial charge on any atom is 0.315 e. The number of hydrogen-bond donors (Lipinski definition) is 1. The molecule has 0 amide bonds. The van der Waals surface area contributed by atoms with Crippen LogP contribution >= 0.6 is 0 Å². The highest BCUT2D eigenvalue weighted by Crippen LogP contribution is 2.15. The normalized spacial score (nSPS) is 10.7. The SMILES string of the molecule is CC(C)c1nnc(NCc2ccccc2)o1. The molecule has 0 radical (unpaired) electrons. The lowest BCUT2D eigenvalue weighted by molar-refractivity contribution is 0.480. The van der Waals surface area contributed by atoms with Crippen molar-refractivity contribution in [1.82, 2.24) is 10.2 Å². The molecule has 0 aliphatic heterocycles. The van der Waals surface area contributed by atoms with E-state index in [2.05, 4.69) is 15.5 Å². The Morgan fingerprint density at radius 3 is 2.56 bits per heavy atom. The summed E-state index contributed by atoms with van der Waals surface area (Å²) in [4.78, 5) is 0. The highest BCUT2D eigenvalue weighted by atomic mass is 16.4. The minimum atomic E-state index is 0.264. The second-order valence-corrected chi connectivity index (χ2v) is 3.94. The molecule has 0 unspecified atom stereocenters. The summed E-state index contributed by atoms with van der Waals surface area (Å²) in [6.45, 7) is 4.74. The Balaban J connectivity index is 1.95. The molecule has 2 aromatic rings. The number of anilines is 1. The van der Waals surface area contributed by atoms with Crippen LogP contribution in [0.15, 0.2) is 34.7 Å². The molecule has 0 saturated heterocycles. The summed E-state index contributed by atoms with van der Waals surface area (Å²) >= 11 is 0. The number of nitrogens with one attached hydrogen (secondary N) is 1. The second-order valence-electron chi connectivity index (χ2n) is 3.94. The van der Waals surface area contributed by atoms with E-state index in [0.29, 0.717) is 18.5 Å². The van der Waals surface area contributed by atoms with Crippen molar-refractivity contribution >= 4 is 6.01 Å². The van der Waals surface area contributed by atoms with E-state index in [0.717, 1.165) is 0 Å². The van der Waals surface area contributed by atoms with Crippen molar-refractivity contribution in [1.29, 1.82) is 0 Å². The largest absolute Gasteiger partial charge is 0.408 e. The predicted molar refractivity (Wildman–Crippen MR) is 62.2 cm³/mol. The number of benzene rings is 1. The summed E-state index contributed by atoms with van der Waals surface area (Å²) in [5, 5.41) is 11.0. The van der Waals surface area contributed by atoms with Gasteiger partial charge in [0, 0.05) is 12.5 Å². The first kappa shape index (κ1) is 10.7. The molecule has 1 N–H and O–H groups in total. The maximum atomic E-state index is 5.43. The molecule has 1 heterocycles. The van der Waals surface area contributed by atoms with E-state index in [1.54, 1.807) is 0 Å². The Labute approximate surface area is 94.7 Å².